The van der Waals surface area contributed by atoms with E-state index in [0.717, 1.165) is 0 Å². The minimum Gasteiger partial charge on any atom is -0.305 e. The van der Waals surface area contributed by atoms with E-state index in [-0.39, 0.29) is 0 Å². The highest BCUT2D eigenvalue weighted by Crippen LogP contribution is 2.32. The first-order chi connectivity index (χ1) is 6.18. The molecule has 2 rings (SSSR count). The fourth-order valence-electron chi connectivity index (χ4n) is 2.31. The van der Waals surface area contributed by atoms with Gasteiger partial charge in [0.1, 0.15) is 0 Å². The lowest BCUT2D eigenvalue weighted by Crippen LogP contribution is -2.22. The van der Waals surface area contributed by atoms with Gasteiger partial charge in [0.2, 0.25) is 0 Å². The first kappa shape index (κ1) is 9.22. The van der Waals surface area contributed by atoms with Crippen molar-refractivity contribution in [1.29, 1.82) is 0 Å². The van der Waals surface area contributed by atoms with Crippen LogP contribution < -0.4 is 0 Å². The van der Waals surface area contributed by atoms with Gasteiger partial charge >= 0.3 is 0 Å². The second-order valence-electron chi connectivity index (χ2n) is 4.17. The number of aryl methyl sites for hydroxylation is 1. The first-order valence-corrected chi connectivity index (χ1v) is 5.82. The molecule has 0 saturated carbocycles. The number of nitrogens with zero attached hydrogens (tertiary/aromatic N) is 1. The fraction of sp³-hybridized carbons (Fsp3) is 0.636. The Kier molecular flexibility index (Phi) is 2.43. The fourth-order valence-corrected chi connectivity index (χ4v) is 3.45. The Labute approximate surface area is 84.4 Å². The number of rotatable bonds is 0. The summed E-state index contributed by atoms with van der Waals surface area (Å²) in [5.41, 5.74) is 3.14. The van der Waals surface area contributed by atoms with Crippen LogP contribution in [0, 0.1) is 6.92 Å². The first-order valence-electron chi connectivity index (χ1n) is 4.94. The van der Waals surface area contributed by atoms with Crippen molar-refractivity contribution in [3.05, 3.63) is 21.4 Å². The molecule has 0 bridgehead atoms. The summed E-state index contributed by atoms with van der Waals surface area (Å²) < 4.78 is 0. The maximum absolute atomic E-state index is 2.44. The highest BCUT2D eigenvalue weighted by Gasteiger charge is 2.20. The van der Waals surface area contributed by atoms with Crippen LogP contribution in [-0.4, -0.2) is 25.0 Å². The zero-order chi connectivity index (χ0) is 9.42. The van der Waals surface area contributed by atoms with Crippen LogP contribution in [0.5, 0.6) is 0 Å². The lowest BCUT2D eigenvalue weighted by molar-refractivity contribution is 0.332. The van der Waals surface area contributed by atoms with Gasteiger partial charge in [0.25, 0.3) is 0 Å². The summed E-state index contributed by atoms with van der Waals surface area (Å²) in [5, 5.41) is 2.31. The number of thiophene rings is 1. The third-order valence-electron chi connectivity index (χ3n) is 2.90. The predicted octanol–water partition coefficient (Wildman–Crippen LogP) is 2.65. The molecule has 1 aliphatic rings. The van der Waals surface area contributed by atoms with Crippen molar-refractivity contribution in [2.75, 3.05) is 20.1 Å². The summed E-state index contributed by atoms with van der Waals surface area (Å²) in [7, 11) is 2.22. The smallest absolute Gasteiger partial charge is 0.00958 e. The van der Waals surface area contributed by atoms with Crippen molar-refractivity contribution in [3.63, 3.8) is 0 Å². The van der Waals surface area contributed by atoms with Crippen LogP contribution in [0.25, 0.3) is 0 Å². The van der Waals surface area contributed by atoms with Gasteiger partial charge in [-0.15, -0.1) is 11.3 Å². The summed E-state index contributed by atoms with van der Waals surface area (Å²) in [6.07, 6.45) is 1.24. The standard InChI is InChI=1S/C11H17NS/c1-8-6-12(3)5-4-10-11(8)9(2)7-13-10/h7-8H,4-6H2,1-3H3. The van der Waals surface area contributed by atoms with Gasteiger partial charge < -0.3 is 4.90 Å². The van der Waals surface area contributed by atoms with Crippen LogP contribution in [0.1, 0.15) is 28.8 Å². The molecule has 0 spiro atoms. The van der Waals surface area contributed by atoms with Crippen molar-refractivity contribution < 1.29 is 0 Å². The van der Waals surface area contributed by atoms with Gasteiger partial charge in [-0.2, -0.15) is 0 Å². The molecule has 2 heterocycles. The van der Waals surface area contributed by atoms with Crippen LogP contribution in [0.2, 0.25) is 0 Å². The van der Waals surface area contributed by atoms with E-state index in [1.54, 1.807) is 10.4 Å². The number of hydrogen-bond donors (Lipinski definition) is 0. The van der Waals surface area contributed by atoms with Gasteiger partial charge in [-0.3, -0.25) is 0 Å². The van der Waals surface area contributed by atoms with Crippen molar-refractivity contribution in [3.8, 4) is 0 Å². The summed E-state index contributed by atoms with van der Waals surface area (Å²) in [6, 6.07) is 0. The highest BCUT2D eigenvalue weighted by atomic mass is 32.1. The quantitative estimate of drug-likeness (QED) is 0.615. The molecule has 1 aromatic rings. The van der Waals surface area contributed by atoms with Crippen LogP contribution in [0.15, 0.2) is 5.38 Å². The average Bonchev–Trinajstić information content (AvgIpc) is 2.36. The van der Waals surface area contributed by atoms with Gasteiger partial charge in [-0.25, -0.2) is 0 Å². The Balaban J connectivity index is 2.37. The van der Waals surface area contributed by atoms with E-state index in [9.17, 15) is 0 Å². The molecule has 1 nitrogen and oxygen atoms in total. The molecule has 0 aromatic carbocycles. The third-order valence-corrected chi connectivity index (χ3v) is 4.08. The Hall–Kier alpha value is -0.340. The molecule has 72 valence electrons. The van der Waals surface area contributed by atoms with Crippen LogP contribution in [0.3, 0.4) is 0 Å². The van der Waals surface area contributed by atoms with E-state index >= 15 is 0 Å². The molecule has 1 aliphatic heterocycles. The van der Waals surface area contributed by atoms with Gasteiger partial charge in [0.05, 0.1) is 0 Å². The maximum Gasteiger partial charge on any atom is 0.00958 e. The molecular weight excluding hydrogens is 178 g/mol. The van der Waals surface area contributed by atoms with E-state index in [0.29, 0.717) is 5.92 Å². The Bertz CT molecular complexity index is 303. The lowest BCUT2D eigenvalue weighted by atomic mass is 9.98. The SMILES string of the molecule is Cc1csc2c1C(C)CN(C)CC2. The lowest BCUT2D eigenvalue weighted by Gasteiger charge is -2.17. The molecule has 0 amide bonds. The molecule has 0 radical (unpaired) electrons. The Morgan fingerprint density at radius 1 is 1.54 bits per heavy atom. The van der Waals surface area contributed by atoms with Crippen molar-refractivity contribution in [2.45, 2.75) is 26.2 Å². The second-order valence-corrected chi connectivity index (χ2v) is 5.13. The molecule has 13 heavy (non-hydrogen) atoms. The Morgan fingerprint density at radius 2 is 2.31 bits per heavy atom. The molecule has 0 fully saturated rings. The summed E-state index contributed by atoms with van der Waals surface area (Å²) >= 11 is 1.94. The molecule has 2 heteroatoms. The second kappa shape index (κ2) is 3.43. The zero-order valence-electron chi connectivity index (χ0n) is 8.63. The molecular formula is C11H17NS. The molecule has 1 atom stereocenters. The molecule has 1 unspecified atom stereocenters. The largest absolute Gasteiger partial charge is 0.305 e. The number of likely N-dealkylation sites (N-methyl/N-ethyl adjacent to an activating group) is 1. The predicted molar refractivity (Wildman–Crippen MR) is 58.7 cm³/mol. The third kappa shape index (κ3) is 1.65. The van der Waals surface area contributed by atoms with Crippen LogP contribution in [0.4, 0.5) is 0 Å². The number of fused-ring (bicyclic) bond motifs is 1. The Morgan fingerprint density at radius 3 is 3.08 bits per heavy atom. The van der Waals surface area contributed by atoms with Crippen LogP contribution in [-0.2, 0) is 6.42 Å². The minimum atomic E-state index is 0.716. The van der Waals surface area contributed by atoms with Gasteiger partial charge in [0.15, 0.2) is 0 Å². The summed E-state index contributed by atoms with van der Waals surface area (Å²) in [6.45, 7) is 7.03. The zero-order valence-corrected chi connectivity index (χ0v) is 9.45. The van der Waals surface area contributed by atoms with Crippen molar-refractivity contribution in [1.82, 2.24) is 4.90 Å². The van der Waals surface area contributed by atoms with E-state index in [1.807, 2.05) is 11.3 Å². The molecule has 0 saturated heterocycles. The van der Waals surface area contributed by atoms with Crippen LogP contribution >= 0.6 is 11.3 Å². The van der Waals surface area contributed by atoms with Gasteiger partial charge in [-0.05, 0) is 42.8 Å². The average molecular weight is 195 g/mol. The molecule has 0 aliphatic carbocycles. The summed E-state index contributed by atoms with van der Waals surface area (Å²) in [5.74, 6) is 0.716. The minimum absolute atomic E-state index is 0.716. The van der Waals surface area contributed by atoms with E-state index in [4.69, 9.17) is 0 Å². The topological polar surface area (TPSA) is 3.24 Å². The van der Waals surface area contributed by atoms with Gasteiger partial charge in [-0.1, -0.05) is 6.92 Å². The van der Waals surface area contributed by atoms with Crippen molar-refractivity contribution in [2.24, 2.45) is 0 Å². The van der Waals surface area contributed by atoms with Gasteiger partial charge in [0, 0.05) is 18.0 Å². The van der Waals surface area contributed by atoms with E-state index in [2.05, 4.69) is 31.2 Å². The highest BCUT2D eigenvalue weighted by molar-refractivity contribution is 7.10. The maximum atomic E-state index is 2.44. The molecule has 1 aromatic heterocycles. The van der Waals surface area contributed by atoms with Crippen molar-refractivity contribution >= 4 is 11.3 Å². The molecule has 0 N–H and O–H groups in total. The number of hydrogen-bond acceptors (Lipinski definition) is 2. The summed E-state index contributed by atoms with van der Waals surface area (Å²) in [4.78, 5) is 4.06. The van der Waals surface area contributed by atoms with E-state index < -0.39 is 0 Å². The normalized spacial score (nSPS) is 24.1. The monoisotopic (exact) mass is 195 g/mol. The van der Waals surface area contributed by atoms with E-state index in [1.165, 1.54) is 25.1 Å².